The van der Waals surface area contributed by atoms with E-state index in [0.29, 0.717) is 6.04 Å². The Hall–Kier alpha value is -1.87. The minimum Gasteiger partial charge on any atom is -0.348 e. The van der Waals surface area contributed by atoms with Crippen LogP contribution in [0.3, 0.4) is 0 Å². The number of hydrogen-bond acceptors (Lipinski definition) is 3. The first-order valence-corrected chi connectivity index (χ1v) is 7.80. The number of fused-ring (bicyclic) bond motifs is 5. The molecular formula is C18H21N3. The van der Waals surface area contributed by atoms with Crippen molar-refractivity contribution in [1.29, 1.82) is 0 Å². The van der Waals surface area contributed by atoms with Gasteiger partial charge in [0.25, 0.3) is 0 Å². The second kappa shape index (κ2) is 5.15. The summed E-state index contributed by atoms with van der Waals surface area (Å²) in [6.07, 6.45) is 4.13. The Balaban J connectivity index is 1.90. The van der Waals surface area contributed by atoms with E-state index in [9.17, 15) is 0 Å². The van der Waals surface area contributed by atoms with Gasteiger partial charge in [0.1, 0.15) is 5.82 Å². The van der Waals surface area contributed by atoms with Crippen molar-refractivity contribution in [2.45, 2.75) is 18.9 Å². The van der Waals surface area contributed by atoms with Gasteiger partial charge in [0.2, 0.25) is 0 Å². The van der Waals surface area contributed by atoms with Crippen molar-refractivity contribution >= 4 is 5.82 Å². The Morgan fingerprint density at radius 1 is 1.05 bits per heavy atom. The molecule has 1 fully saturated rings. The molecule has 0 unspecified atom stereocenters. The van der Waals surface area contributed by atoms with E-state index in [1.165, 1.54) is 28.9 Å². The third-order valence-corrected chi connectivity index (χ3v) is 4.73. The minimum absolute atomic E-state index is 0.421. The molecular weight excluding hydrogens is 258 g/mol. The number of anilines is 1. The molecule has 0 spiro atoms. The van der Waals surface area contributed by atoms with Crippen LogP contribution in [-0.2, 0) is 6.42 Å². The summed E-state index contributed by atoms with van der Waals surface area (Å²) < 4.78 is 0. The number of pyridine rings is 1. The molecule has 0 bridgehead atoms. The Labute approximate surface area is 126 Å². The van der Waals surface area contributed by atoms with Crippen LogP contribution >= 0.6 is 0 Å². The zero-order valence-corrected chi connectivity index (χ0v) is 12.5. The normalized spacial score (nSPS) is 21.8. The van der Waals surface area contributed by atoms with Crippen LogP contribution in [0.15, 0.2) is 42.6 Å². The van der Waals surface area contributed by atoms with Crippen molar-refractivity contribution in [3.8, 4) is 0 Å². The quantitative estimate of drug-likeness (QED) is 0.739. The third kappa shape index (κ3) is 2.22. The molecule has 0 aliphatic carbocycles. The van der Waals surface area contributed by atoms with Gasteiger partial charge < -0.3 is 9.80 Å². The van der Waals surface area contributed by atoms with Crippen molar-refractivity contribution in [2.75, 3.05) is 31.6 Å². The van der Waals surface area contributed by atoms with Gasteiger partial charge in [0.05, 0.1) is 6.04 Å². The molecule has 1 aromatic carbocycles. The zero-order valence-electron chi connectivity index (χ0n) is 12.5. The largest absolute Gasteiger partial charge is 0.348 e. The molecule has 0 amide bonds. The van der Waals surface area contributed by atoms with Gasteiger partial charge in [-0.1, -0.05) is 30.3 Å². The summed E-state index contributed by atoms with van der Waals surface area (Å²) in [6, 6.07) is 13.6. The van der Waals surface area contributed by atoms with Crippen molar-refractivity contribution < 1.29 is 0 Å². The van der Waals surface area contributed by atoms with E-state index in [1.807, 2.05) is 6.20 Å². The van der Waals surface area contributed by atoms with E-state index in [-0.39, 0.29) is 0 Å². The first-order chi connectivity index (χ1) is 10.3. The van der Waals surface area contributed by atoms with Crippen molar-refractivity contribution in [2.24, 2.45) is 0 Å². The fraction of sp³-hybridized carbons (Fsp3) is 0.389. The lowest BCUT2D eigenvalue weighted by atomic mass is 9.97. The van der Waals surface area contributed by atoms with Gasteiger partial charge in [-0.3, -0.25) is 0 Å². The SMILES string of the molecule is CN1CCCN2c3ncccc3Cc3ccccc3[C@@H]2C1. The maximum atomic E-state index is 4.72. The number of aromatic nitrogens is 1. The second-order valence-electron chi connectivity index (χ2n) is 6.19. The molecule has 2 aromatic rings. The third-order valence-electron chi connectivity index (χ3n) is 4.73. The average Bonchev–Trinajstić information content (AvgIpc) is 2.76. The van der Waals surface area contributed by atoms with Crippen LogP contribution in [0, 0.1) is 0 Å². The van der Waals surface area contributed by atoms with E-state index in [1.54, 1.807) is 0 Å². The highest BCUT2D eigenvalue weighted by molar-refractivity contribution is 5.55. The Morgan fingerprint density at radius 3 is 2.86 bits per heavy atom. The smallest absolute Gasteiger partial charge is 0.132 e. The maximum Gasteiger partial charge on any atom is 0.132 e. The summed E-state index contributed by atoms with van der Waals surface area (Å²) in [5, 5.41) is 0. The van der Waals surface area contributed by atoms with E-state index in [0.717, 1.165) is 26.1 Å². The lowest BCUT2D eigenvalue weighted by Crippen LogP contribution is -2.33. The Morgan fingerprint density at radius 2 is 1.90 bits per heavy atom. The molecule has 0 radical (unpaired) electrons. The van der Waals surface area contributed by atoms with Gasteiger partial charge in [-0.2, -0.15) is 0 Å². The number of benzene rings is 1. The molecule has 1 saturated heterocycles. The molecule has 3 heterocycles. The fourth-order valence-electron chi connectivity index (χ4n) is 3.72. The predicted octanol–water partition coefficient (Wildman–Crippen LogP) is 2.87. The van der Waals surface area contributed by atoms with Gasteiger partial charge in [-0.25, -0.2) is 4.98 Å². The van der Waals surface area contributed by atoms with Gasteiger partial charge in [-0.15, -0.1) is 0 Å². The summed E-state index contributed by atoms with van der Waals surface area (Å²) >= 11 is 0. The number of likely N-dealkylation sites (N-methyl/N-ethyl adjacent to an activating group) is 1. The van der Waals surface area contributed by atoms with Gasteiger partial charge in [0.15, 0.2) is 0 Å². The van der Waals surface area contributed by atoms with Crippen LogP contribution in [0.2, 0.25) is 0 Å². The molecule has 3 heteroatoms. The van der Waals surface area contributed by atoms with E-state index >= 15 is 0 Å². The molecule has 0 N–H and O–H groups in total. The van der Waals surface area contributed by atoms with Crippen LogP contribution < -0.4 is 4.90 Å². The summed E-state index contributed by atoms with van der Waals surface area (Å²) in [5.74, 6) is 1.19. The summed E-state index contributed by atoms with van der Waals surface area (Å²) in [6.45, 7) is 3.33. The van der Waals surface area contributed by atoms with E-state index < -0.39 is 0 Å². The number of hydrogen-bond donors (Lipinski definition) is 0. The summed E-state index contributed by atoms with van der Waals surface area (Å²) in [5.41, 5.74) is 4.29. The van der Waals surface area contributed by atoms with Crippen molar-refractivity contribution in [1.82, 2.24) is 9.88 Å². The number of rotatable bonds is 0. The molecule has 0 saturated carbocycles. The van der Waals surface area contributed by atoms with E-state index in [4.69, 9.17) is 4.98 Å². The highest BCUT2D eigenvalue weighted by Gasteiger charge is 2.31. The number of nitrogens with zero attached hydrogens (tertiary/aromatic N) is 3. The first kappa shape index (κ1) is 12.8. The fourth-order valence-corrected chi connectivity index (χ4v) is 3.72. The van der Waals surface area contributed by atoms with Crippen LogP contribution in [0.5, 0.6) is 0 Å². The zero-order chi connectivity index (χ0) is 14.2. The molecule has 4 rings (SSSR count). The van der Waals surface area contributed by atoms with Gasteiger partial charge in [-0.05, 0) is 42.8 Å². The lowest BCUT2D eigenvalue weighted by Gasteiger charge is -2.32. The molecule has 1 aromatic heterocycles. The van der Waals surface area contributed by atoms with Crippen molar-refractivity contribution in [3.63, 3.8) is 0 Å². The maximum absolute atomic E-state index is 4.72. The second-order valence-corrected chi connectivity index (χ2v) is 6.19. The summed E-state index contributed by atoms with van der Waals surface area (Å²) in [4.78, 5) is 9.71. The first-order valence-electron chi connectivity index (χ1n) is 7.80. The lowest BCUT2D eigenvalue weighted by molar-refractivity contribution is 0.332. The Kier molecular flexibility index (Phi) is 3.15. The molecule has 21 heavy (non-hydrogen) atoms. The van der Waals surface area contributed by atoms with Crippen LogP contribution in [0.1, 0.15) is 29.2 Å². The van der Waals surface area contributed by atoms with Crippen LogP contribution in [-0.4, -0.2) is 36.6 Å². The minimum atomic E-state index is 0.421. The molecule has 3 nitrogen and oxygen atoms in total. The topological polar surface area (TPSA) is 19.4 Å². The molecule has 2 aliphatic rings. The molecule has 2 aliphatic heterocycles. The monoisotopic (exact) mass is 279 g/mol. The average molecular weight is 279 g/mol. The van der Waals surface area contributed by atoms with Crippen molar-refractivity contribution in [3.05, 3.63) is 59.3 Å². The standard InChI is InChI=1S/C18H21N3/c1-20-10-5-11-21-17(13-20)16-8-3-2-6-14(16)12-15-7-4-9-19-18(15)21/h2-4,6-9,17H,5,10-13H2,1H3/t17-/m0/s1. The molecule has 1 atom stereocenters. The van der Waals surface area contributed by atoms with E-state index in [2.05, 4.69) is 53.2 Å². The van der Waals surface area contributed by atoms with Gasteiger partial charge >= 0.3 is 0 Å². The van der Waals surface area contributed by atoms with Crippen LogP contribution in [0.25, 0.3) is 0 Å². The highest BCUT2D eigenvalue weighted by atomic mass is 15.3. The highest BCUT2D eigenvalue weighted by Crippen LogP contribution is 2.37. The summed E-state index contributed by atoms with van der Waals surface area (Å²) in [7, 11) is 2.23. The van der Waals surface area contributed by atoms with Gasteiger partial charge in [0, 0.05) is 25.7 Å². The Bertz CT molecular complexity index is 652. The van der Waals surface area contributed by atoms with Crippen LogP contribution in [0.4, 0.5) is 5.82 Å². The predicted molar refractivity (Wildman–Crippen MR) is 85.7 cm³/mol. The molecule has 108 valence electrons.